The number of ether oxygens (including phenoxy) is 6. The lowest BCUT2D eigenvalue weighted by molar-refractivity contribution is -0.215. The molecule has 6 N–H and O–H groups in total. The van der Waals surface area contributed by atoms with Gasteiger partial charge in [0.15, 0.2) is 28.5 Å². The van der Waals surface area contributed by atoms with Crippen LogP contribution in [0.4, 0.5) is 0 Å². The highest BCUT2D eigenvalue weighted by molar-refractivity contribution is 7.99. The lowest BCUT2D eigenvalue weighted by Gasteiger charge is -2.60. The molecule has 4 bridgehead atoms. The Morgan fingerprint density at radius 2 is 1.88 bits per heavy atom. The van der Waals surface area contributed by atoms with E-state index in [4.69, 9.17) is 34.2 Å². The summed E-state index contributed by atoms with van der Waals surface area (Å²) >= 11 is 1.50. The van der Waals surface area contributed by atoms with E-state index >= 15 is 4.79 Å². The number of aromatic nitrogens is 1. The Kier molecular flexibility index (Phi) is 8.51. The van der Waals surface area contributed by atoms with Gasteiger partial charge in [0.05, 0.1) is 37.2 Å². The maximum Gasteiger partial charge on any atom is 0.333 e. The number of thioether (sulfide) groups is 1. The average Bonchev–Trinajstić information content (AvgIpc) is 3.78. The molecule has 8 aliphatic rings. The Morgan fingerprint density at radius 3 is 2.62 bits per heavy atom. The van der Waals surface area contributed by atoms with Crippen molar-refractivity contribution in [3.05, 3.63) is 68.9 Å². The molecular formula is C42H47N5O10S. The fourth-order valence-electron chi connectivity index (χ4n) is 11.0. The lowest BCUT2D eigenvalue weighted by Crippen LogP contribution is -2.70. The molecule has 0 amide bonds. The van der Waals surface area contributed by atoms with Gasteiger partial charge in [-0.2, -0.15) is 0 Å². The summed E-state index contributed by atoms with van der Waals surface area (Å²) in [5, 5.41) is 29.3. The number of hydrogen-bond donors (Lipinski definition) is 5. The monoisotopic (exact) mass is 813 g/mol. The van der Waals surface area contributed by atoms with Crippen LogP contribution in [-0.2, 0) is 32.7 Å². The van der Waals surface area contributed by atoms with Crippen molar-refractivity contribution in [1.29, 1.82) is 0 Å². The van der Waals surface area contributed by atoms with Gasteiger partial charge in [0, 0.05) is 77.4 Å². The second kappa shape index (κ2) is 13.1. The number of hydrogen-bond acceptors (Lipinski definition) is 15. The zero-order chi connectivity index (χ0) is 40.6. The van der Waals surface area contributed by atoms with Crippen LogP contribution in [-0.4, -0.2) is 108 Å². The first-order chi connectivity index (χ1) is 27.8. The number of aromatic amines is 1. The number of carbonyl (C=O) groups excluding carboxylic acids is 2. The topological polar surface area (TPSA) is 190 Å². The van der Waals surface area contributed by atoms with Crippen LogP contribution < -0.4 is 34.7 Å². The highest BCUT2D eigenvalue weighted by Gasteiger charge is 2.64. The number of piperazine rings is 1. The number of nitrogens with two attached hydrogens (primary N) is 1. The van der Waals surface area contributed by atoms with E-state index in [9.17, 15) is 15.0 Å². The molecule has 0 saturated carbocycles. The molecule has 0 radical (unpaired) electrons. The number of carbonyl (C=O) groups is 2. The predicted molar refractivity (Wildman–Crippen MR) is 213 cm³/mol. The van der Waals surface area contributed by atoms with Crippen LogP contribution in [0.15, 0.2) is 24.3 Å². The Hall–Kier alpha value is -4.71. The second-order valence-electron chi connectivity index (χ2n) is 16.4. The molecule has 15 nitrogen and oxygen atoms in total. The minimum Gasteiger partial charge on any atom is -0.504 e. The van der Waals surface area contributed by atoms with Crippen LogP contribution in [0.25, 0.3) is 10.9 Å². The third-order valence-corrected chi connectivity index (χ3v) is 14.6. The van der Waals surface area contributed by atoms with Gasteiger partial charge in [-0.3, -0.25) is 19.9 Å². The summed E-state index contributed by atoms with van der Waals surface area (Å²) in [5.74, 6) is 1.45. The number of aryl methyl sites for hydroxylation is 1. The summed E-state index contributed by atoms with van der Waals surface area (Å²) in [6.07, 6.45) is 0.740. The summed E-state index contributed by atoms with van der Waals surface area (Å²) in [6, 6.07) is 5.62. The molecule has 8 atom stereocenters. The molecule has 2 saturated heterocycles. The standard InChI is InChI=1S/C42H47N5O10S/c1-18-9-21-12-41(51)15-46(4)31(28(21)33(49)34(18)53-6)32-38-30-29(37-36(55-17-56-37)19(2)35(30)57-20(3)48)27(47(32)41)14-54-40(50)42(16-58-38)39-25(10-22(13-43)45-42)24-11-23(52-5)7-8-26(24)44-39/h7-9,11,22,27,31-32,38,44-45,49,51H,10,12-17,43H2,1-6H3/t22-,27+,31+,32-,38-,41?,42-/m1/s1. The van der Waals surface area contributed by atoms with Crippen molar-refractivity contribution in [3.63, 3.8) is 0 Å². The SMILES string of the molecule is COc1ccc2[nH]c3c(c2c1)C[C@H](CN)N[C@]31CS[C@@H]2c3c(OC(C)=O)c(C)c4c(c3[C@H](COC1=O)N1[C@@H]2[C@@H]2c3c(cc(C)c(OC)c3O)CC1(O)CN2C)OCO4. The quantitative estimate of drug-likeness (QED) is 0.149. The van der Waals surface area contributed by atoms with Crippen molar-refractivity contribution in [2.24, 2.45) is 5.73 Å². The molecular weight excluding hydrogens is 767 g/mol. The highest BCUT2D eigenvalue weighted by atomic mass is 32.2. The van der Waals surface area contributed by atoms with E-state index in [1.165, 1.54) is 25.8 Å². The molecule has 9 heterocycles. The number of phenolic OH excluding ortho intramolecular Hbond substituents is 1. The normalized spacial score (nSPS) is 30.6. The predicted octanol–water partition coefficient (Wildman–Crippen LogP) is 3.52. The number of nitrogens with zero attached hydrogens (tertiary/aromatic N) is 2. The Balaban J connectivity index is 1.25. The first kappa shape index (κ1) is 37.6. The van der Waals surface area contributed by atoms with Gasteiger partial charge < -0.3 is 49.4 Å². The van der Waals surface area contributed by atoms with Gasteiger partial charge in [-0.25, -0.2) is 4.79 Å². The minimum atomic E-state index is -1.52. The smallest absolute Gasteiger partial charge is 0.333 e. The Bertz CT molecular complexity index is 2440. The van der Waals surface area contributed by atoms with Gasteiger partial charge in [-0.05, 0) is 62.2 Å². The lowest BCUT2D eigenvalue weighted by atomic mass is 9.78. The Labute approximate surface area is 339 Å². The van der Waals surface area contributed by atoms with Crippen molar-refractivity contribution in [3.8, 4) is 34.5 Å². The number of nitrogens with one attached hydrogen (secondary N) is 2. The zero-order valence-corrected chi connectivity index (χ0v) is 34.0. The van der Waals surface area contributed by atoms with E-state index in [0.717, 1.165) is 27.6 Å². The molecule has 4 aromatic rings. The van der Waals surface area contributed by atoms with E-state index in [1.807, 2.05) is 45.2 Å². The maximum atomic E-state index is 15.1. The van der Waals surface area contributed by atoms with Gasteiger partial charge >= 0.3 is 11.9 Å². The Morgan fingerprint density at radius 1 is 1.09 bits per heavy atom. The van der Waals surface area contributed by atoms with Crippen molar-refractivity contribution in [2.45, 2.75) is 74.3 Å². The van der Waals surface area contributed by atoms with Crippen LogP contribution in [0.2, 0.25) is 0 Å². The van der Waals surface area contributed by atoms with Crippen LogP contribution in [0.5, 0.6) is 34.5 Å². The van der Waals surface area contributed by atoms with Crippen LogP contribution in [0, 0.1) is 13.8 Å². The van der Waals surface area contributed by atoms with Crippen LogP contribution >= 0.6 is 11.8 Å². The molecule has 16 heteroatoms. The van der Waals surface area contributed by atoms with Gasteiger partial charge in [-0.15, -0.1) is 11.8 Å². The second-order valence-corrected chi connectivity index (χ2v) is 17.6. The zero-order valence-electron chi connectivity index (χ0n) is 33.2. The molecule has 2 unspecified atom stereocenters. The molecule has 0 aliphatic carbocycles. The molecule has 12 rings (SSSR count). The molecule has 3 aromatic carbocycles. The third-order valence-electron chi connectivity index (χ3n) is 13.1. The van der Waals surface area contributed by atoms with E-state index < -0.39 is 46.6 Å². The summed E-state index contributed by atoms with van der Waals surface area (Å²) < 4.78 is 36.4. The number of methoxy groups -OCH3 is 2. The van der Waals surface area contributed by atoms with Gasteiger partial charge in [0.25, 0.3) is 0 Å². The van der Waals surface area contributed by atoms with Crippen molar-refractivity contribution < 1.29 is 48.2 Å². The summed E-state index contributed by atoms with van der Waals surface area (Å²) in [4.78, 5) is 35.9. The number of phenols is 1. The maximum absolute atomic E-state index is 15.1. The number of aromatic hydroxyl groups is 1. The minimum absolute atomic E-state index is 0.0153. The first-order valence-electron chi connectivity index (χ1n) is 19.5. The number of H-pyrrole nitrogens is 1. The number of benzene rings is 3. The summed E-state index contributed by atoms with van der Waals surface area (Å²) in [7, 11) is 5.11. The number of esters is 2. The first-order valence-corrected chi connectivity index (χ1v) is 20.6. The highest BCUT2D eigenvalue weighted by Crippen LogP contribution is 2.65. The molecule has 1 aromatic heterocycles. The molecule has 58 heavy (non-hydrogen) atoms. The summed E-state index contributed by atoms with van der Waals surface area (Å²) in [6.45, 7) is 5.31. The van der Waals surface area contributed by atoms with Crippen molar-refractivity contribution in [1.82, 2.24) is 20.1 Å². The number of likely N-dealkylation sites (N-methyl/N-ethyl adjacent to an activating group) is 1. The van der Waals surface area contributed by atoms with E-state index in [2.05, 4.69) is 20.1 Å². The number of fused-ring (bicyclic) bond motifs is 8. The summed E-state index contributed by atoms with van der Waals surface area (Å²) in [5.41, 5.74) is 10.1. The van der Waals surface area contributed by atoms with Gasteiger partial charge in [0.2, 0.25) is 6.79 Å². The largest absolute Gasteiger partial charge is 0.504 e. The van der Waals surface area contributed by atoms with Gasteiger partial charge in [-0.1, -0.05) is 6.07 Å². The average molecular weight is 814 g/mol. The van der Waals surface area contributed by atoms with Crippen LogP contribution in [0.3, 0.4) is 0 Å². The molecule has 8 aliphatic heterocycles. The van der Waals surface area contributed by atoms with Crippen molar-refractivity contribution >= 4 is 34.6 Å². The van der Waals surface area contributed by atoms with E-state index in [0.29, 0.717) is 63.1 Å². The molecule has 1 spiro atoms. The van der Waals surface area contributed by atoms with E-state index in [-0.39, 0.29) is 50.5 Å². The van der Waals surface area contributed by atoms with E-state index in [1.54, 1.807) is 7.11 Å². The van der Waals surface area contributed by atoms with Gasteiger partial charge in [0.1, 0.15) is 23.8 Å². The number of aliphatic hydroxyl groups is 1. The molecule has 306 valence electrons. The fourth-order valence-corrected chi connectivity index (χ4v) is 12.6. The number of rotatable bonds is 4. The van der Waals surface area contributed by atoms with Crippen molar-refractivity contribution in [2.75, 3.05) is 53.5 Å². The fraction of sp³-hybridized carbons (Fsp3) is 0.476. The third kappa shape index (κ3) is 5.05. The van der Waals surface area contributed by atoms with Crippen LogP contribution in [0.1, 0.15) is 68.9 Å². The molecule has 2 fully saturated rings.